The van der Waals surface area contributed by atoms with Gasteiger partial charge in [0.15, 0.2) is 0 Å². The zero-order chi connectivity index (χ0) is 18.8. The van der Waals surface area contributed by atoms with Crippen LogP contribution < -0.4 is 10.1 Å². The lowest BCUT2D eigenvalue weighted by Gasteiger charge is -2.07. The van der Waals surface area contributed by atoms with Gasteiger partial charge >= 0.3 is 0 Å². The van der Waals surface area contributed by atoms with Gasteiger partial charge in [-0.2, -0.15) is 5.26 Å². The SMILES string of the molecule is COCCNC(=O)/C(C#N)=C\c1ccc(OCc2ccc(F)cc2)cc1. The molecule has 1 amide bonds. The highest BCUT2D eigenvalue weighted by atomic mass is 19.1. The Kier molecular flexibility index (Phi) is 7.34. The third-order valence-corrected chi connectivity index (χ3v) is 3.47. The second-order valence-electron chi connectivity index (χ2n) is 5.40. The highest BCUT2D eigenvalue weighted by molar-refractivity contribution is 6.01. The number of rotatable bonds is 8. The predicted octanol–water partition coefficient (Wildman–Crippen LogP) is 3.07. The van der Waals surface area contributed by atoms with Crippen LogP contribution in [0.3, 0.4) is 0 Å². The van der Waals surface area contributed by atoms with E-state index in [1.54, 1.807) is 36.4 Å². The average Bonchev–Trinajstić information content (AvgIpc) is 2.66. The molecule has 2 rings (SSSR count). The maximum absolute atomic E-state index is 12.9. The van der Waals surface area contributed by atoms with Gasteiger partial charge in [-0.3, -0.25) is 4.79 Å². The van der Waals surface area contributed by atoms with E-state index in [1.807, 2.05) is 6.07 Å². The van der Waals surface area contributed by atoms with E-state index in [9.17, 15) is 9.18 Å². The molecule has 2 aromatic carbocycles. The third-order valence-electron chi connectivity index (χ3n) is 3.47. The van der Waals surface area contributed by atoms with E-state index in [0.29, 0.717) is 31.1 Å². The van der Waals surface area contributed by atoms with Gasteiger partial charge in [-0.15, -0.1) is 0 Å². The molecule has 2 aromatic rings. The molecule has 0 fully saturated rings. The first-order valence-corrected chi connectivity index (χ1v) is 7.98. The van der Waals surface area contributed by atoms with Crippen molar-refractivity contribution in [1.29, 1.82) is 5.26 Å². The van der Waals surface area contributed by atoms with Crippen LogP contribution in [0.2, 0.25) is 0 Å². The van der Waals surface area contributed by atoms with E-state index in [4.69, 9.17) is 14.7 Å². The normalized spacial score (nSPS) is 10.9. The Hall–Kier alpha value is -3.17. The first-order valence-electron chi connectivity index (χ1n) is 7.98. The number of amides is 1. The number of hydrogen-bond acceptors (Lipinski definition) is 4. The van der Waals surface area contributed by atoms with Crippen molar-refractivity contribution < 1.29 is 18.7 Å². The smallest absolute Gasteiger partial charge is 0.262 e. The van der Waals surface area contributed by atoms with Crippen LogP contribution in [0.1, 0.15) is 11.1 Å². The lowest BCUT2D eigenvalue weighted by molar-refractivity contribution is -0.117. The monoisotopic (exact) mass is 354 g/mol. The van der Waals surface area contributed by atoms with Gasteiger partial charge in [0.2, 0.25) is 0 Å². The highest BCUT2D eigenvalue weighted by Gasteiger charge is 2.08. The number of nitriles is 1. The summed E-state index contributed by atoms with van der Waals surface area (Å²) < 4.78 is 23.3. The van der Waals surface area contributed by atoms with Crippen LogP contribution in [-0.4, -0.2) is 26.2 Å². The standard InChI is InChI=1S/C20H19FN2O3/c1-25-11-10-23-20(24)17(13-22)12-15-4-8-19(9-5-15)26-14-16-2-6-18(21)7-3-16/h2-9,12H,10-11,14H2,1H3,(H,23,24)/b17-12-. The number of benzene rings is 2. The maximum atomic E-state index is 12.9. The topological polar surface area (TPSA) is 71.3 Å². The van der Waals surface area contributed by atoms with E-state index in [0.717, 1.165) is 5.56 Å². The number of halogens is 1. The number of carbonyl (C=O) groups is 1. The summed E-state index contributed by atoms with van der Waals surface area (Å²) in [5.74, 6) is -0.0971. The van der Waals surface area contributed by atoms with E-state index in [1.165, 1.54) is 25.3 Å². The molecule has 0 bridgehead atoms. The Morgan fingerprint density at radius 3 is 2.50 bits per heavy atom. The lowest BCUT2D eigenvalue weighted by atomic mass is 10.1. The molecular formula is C20H19FN2O3. The molecule has 0 saturated heterocycles. The molecule has 0 heterocycles. The fraction of sp³-hybridized carbons (Fsp3) is 0.200. The van der Waals surface area contributed by atoms with Gasteiger partial charge in [-0.05, 0) is 41.5 Å². The van der Waals surface area contributed by atoms with Gasteiger partial charge in [-0.1, -0.05) is 24.3 Å². The fourth-order valence-corrected chi connectivity index (χ4v) is 2.08. The number of hydrogen-bond donors (Lipinski definition) is 1. The van der Waals surface area contributed by atoms with Crippen molar-refractivity contribution in [3.63, 3.8) is 0 Å². The van der Waals surface area contributed by atoms with Gasteiger partial charge in [0.05, 0.1) is 6.61 Å². The summed E-state index contributed by atoms with van der Waals surface area (Å²) in [5.41, 5.74) is 1.58. The lowest BCUT2D eigenvalue weighted by Crippen LogP contribution is -2.27. The molecule has 0 aliphatic heterocycles. The molecule has 6 heteroatoms. The van der Waals surface area contributed by atoms with Crippen LogP contribution in [-0.2, 0) is 16.1 Å². The fourth-order valence-electron chi connectivity index (χ4n) is 2.08. The zero-order valence-corrected chi connectivity index (χ0v) is 14.4. The van der Waals surface area contributed by atoms with E-state index in [-0.39, 0.29) is 11.4 Å². The Balaban J connectivity index is 1.95. The van der Waals surface area contributed by atoms with Crippen LogP contribution in [0.5, 0.6) is 5.75 Å². The van der Waals surface area contributed by atoms with Crippen molar-refractivity contribution in [3.8, 4) is 11.8 Å². The molecule has 0 spiro atoms. The largest absolute Gasteiger partial charge is 0.489 e. The zero-order valence-electron chi connectivity index (χ0n) is 14.4. The summed E-state index contributed by atoms with van der Waals surface area (Å²) >= 11 is 0. The van der Waals surface area contributed by atoms with Crippen molar-refractivity contribution in [3.05, 3.63) is 71.0 Å². The summed E-state index contributed by atoms with van der Waals surface area (Å²) in [5, 5.41) is 11.7. The third kappa shape index (κ3) is 6.04. The molecule has 0 unspecified atom stereocenters. The van der Waals surface area contributed by atoms with Crippen LogP contribution >= 0.6 is 0 Å². The van der Waals surface area contributed by atoms with Gasteiger partial charge < -0.3 is 14.8 Å². The van der Waals surface area contributed by atoms with Crippen molar-refractivity contribution in [2.45, 2.75) is 6.61 Å². The first-order chi connectivity index (χ1) is 12.6. The number of carbonyl (C=O) groups excluding carboxylic acids is 1. The molecule has 0 radical (unpaired) electrons. The second kappa shape index (κ2) is 9.97. The minimum absolute atomic E-state index is 0.0149. The van der Waals surface area contributed by atoms with Crippen LogP contribution in [0.15, 0.2) is 54.1 Å². The second-order valence-corrected chi connectivity index (χ2v) is 5.40. The van der Waals surface area contributed by atoms with Gasteiger partial charge in [0.1, 0.15) is 29.8 Å². The number of nitrogens with zero attached hydrogens (tertiary/aromatic N) is 1. The van der Waals surface area contributed by atoms with Gasteiger partial charge in [-0.25, -0.2) is 4.39 Å². The Bertz CT molecular complexity index is 793. The minimum atomic E-state index is -0.443. The van der Waals surface area contributed by atoms with Crippen molar-refractivity contribution >= 4 is 12.0 Å². The molecule has 1 N–H and O–H groups in total. The van der Waals surface area contributed by atoms with Crippen molar-refractivity contribution in [2.75, 3.05) is 20.3 Å². The van der Waals surface area contributed by atoms with Crippen LogP contribution in [0.4, 0.5) is 4.39 Å². The van der Waals surface area contributed by atoms with Crippen molar-refractivity contribution in [2.24, 2.45) is 0 Å². The summed E-state index contributed by atoms with van der Waals surface area (Å²) in [6.07, 6.45) is 1.51. The molecule has 0 atom stereocenters. The Labute approximate surface area is 151 Å². The molecule has 5 nitrogen and oxygen atoms in total. The Morgan fingerprint density at radius 2 is 1.88 bits per heavy atom. The van der Waals surface area contributed by atoms with E-state index in [2.05, 4.69) is 5.32 Å². The Morgan fingerprint density at radius 1 is 1.19 bits per heavy atom. The first kappa shape index (κ1) is 19.2. The van der Waals surface area contributed by atoms with Crippen LogP contribution in [0, 0.1) is 17.1 Å². The number of methoxy groups -OCH3 is 1. The summed E-state index contributed by atoms with van der Waals surface area (Å²) in [6.45, 7) is 1.04. The number of nitrogens with one attached hydrogen (secondary N) is 1. The average molecular weight is 354 g/mol. The maximum Gasteiger partial charge on any atom is 0.262 e. The summed E-state index contributed by atoms with van der Waals surface area (Å²) in [4.78, 5) is 11.9. The minimum Gasteiger partial charge on any atom is -0.489 e. The van der Waals surface area contributed by atoms with E-state index < -0.39 is 5.91 Å². The quantitative estimate of drug-likeness (QED) is 0.449. The molecular weight excluding hydrogens is 335 g/mol. The van der Waals surface area contributed by atoms with Gasteiger partial charge in [0, 0.05) is 13.7 Å². The molecule has 0 aliphatic rings. The predicted molar refractivity (Wildman–Crippen MR) is 95.6 cm³/mol. The summed E-state index contributed by atoms with van der Waals surface area (Å²) in [6, 6.07) is 15.0. The highest BCUT2D eigenvalue weighted by Crippen LogP contribution is 2.16. The van der Waals surface area contributed by atoms with Crippen LogP contribution in [0.25, 0.3) is 6.08 Å². The number of ether oxygens (including phenoxy) is 2. The molecule has 0 saturated carbocycles. The van der Waals surface area contributed by atoms with Gasteiger partial charge in [0.25, 0.3) is 5.91 Å². The molecule has 0 aliphatic carbocycles. The van der Waals surface area contributed by atoms with E-state index >= 15 is 0 Å². The molecule has 26 heavy (non-hydrogen) atoms. The summed E-state index contributed by atoms with van der Waals surface area (Å²) in [7, 11) is 1.53. The molecule has 134 valence electrons. The van der Waals surface area contributed by atoms with Crippen molar-refractivity contribution in [1.82, 2.24) is 5.32 Å². The molecule has 0 aromatic heterocycles.